The van der Waals surface area contributed by atoms with Gasteiger partial charge in [0, 0.05) is 31.7 Å². The van der Waals surface area contributed by atoms with Gasteiger partial charge in [-0.15, -0.1) is 11.3 Å². The second kappa shape index (κ2) is 7.20. The first-order valence-corrected chi connectivity index (χ1v) is 8.03. The van der Waals surface area contributed by atoms with Gasteiger partial charge in [-0.3, -0.25) is 0 Å². The van der Waals surface area contributed by atoms with Gasteiger partial charge in [0.25, 0.3) is 0 Å². The number of aryl methyl sites for hydroxylation is 1. The molecule has 0 amide bonds. The summed E-state index contributed by atoms with van der Waals surface area (Å²) in [6.07, 6.45) is 0.670. The number of sulfonamides is 1. The number of hydrogen-bond acceptors (Lipinski definition) is 5. The molecule has 0 aliphatic rings. The first-order chi connectivity index (χ1) is 8.51. The second-order valence-electron chi connectivity index (χ2n) is 3.95. The summed E-state index contributed by atoms with van der Waals surface area (Å²) in [4.78, 5) is 1.05. The fourth-order valence-electron chi connectivity index (χ4n) is 1.45. The summed E-state index contributed by atoms with van der Waals surface area (Å²) < 4.78 is 31.8. The van der Waals surface area contributed by atoms with E-state index in [1.54, 1.807) is 13.2 Å². The molecule has 0 fully saturated rings. The molecule has 0 aliphatic carbocycles. The highest BCUT2D eigenvalue weighted by Crippen LogP contribution is 2.25. The van der Waals surface area contributed by atoms with Crippen molar-refractivity contribution in [1.82, 2.24) is 10.0 Å². The van der Waals surface area contributed by atoms with Gasteiger partial charge in [-0.25, -0.2) is 13.1 Å². The van der Waals surface area contributed by atoms with Crippen molar-refractivity contribution in [3.63, 3.8) is 0 Å². The largest absolute Gasteiger partial charge is 0.385 e. The highest BCUT2D eigenvalue weighted by atomic mass is 32.2. The van der Waals surface area contributed by atoms with E-state index in [0.717, 1.165) is 10.4 Å². The molecule has 0 radical (unpaired) electrons. The van der Waals surface area contributed by atoms with E-state index in [9.17, 15) is 8.42 Å². The average Bonchev–Trinajstić information content (AvgIpc) is 2.68. The van der Waals surface area contributed by atoms with Gasteiger partial charge in [0.05, 0.1) is 0 Å². The summed E-state index contributed by atoms with van der Waals surface area (Å²) in [6, 6.07) is 1.72. The average molecular weight is 292 g/mol. The molecular weight excluding hydrogens is 272 g/mol. The number of hydrogen-bond donors (Lipinski definition) is 2. The standard InChI is InChI=1S/C11H20N2O3S2/c1-9-7-11(17-10(9)8-12-2)18(14,15)13-5-4-6-16-3/h7,12-13H,4-6,8H2,1-3H3. The van der Waals surface area contributed by atoms with Crippen LogP contribution in [0.5, 0.6) is 0 Å². The summed E-state index contributed by atoms with van der Waals surface area (Å²) in [6.45, 7) is 3.56. The van der Waals surface area contributed by atoms with Crippen LogP contribution in [0, 0.1) is 6.92 Å². The smallest absolute Gasteiger partial charge is 0.250 e. The monoisotopic (exact) mass is 292 g/mol. The van der Waals surface area contributed by atoms with E-state index in [0.29, 0.717) is 30.3 Å². The van der Waals surface area contributed by atoms with Gasteiger partial charge < -0.3 is 10.1 Å². The van der Waals surface area contributed by atoms with Crippen molar-refractivity contribution in [2.45, 2.75) is 24.1 Å². The van der Waals surface area contributed by atoms with Crippen molar-refractivity contribution < 1.29 is 13.2 Å². The molecule has 1 aromatic heterocycles. The van der Waals surface area contributed by atoms with Crippen molar-refractivity contribution in [3.05, 3.63) is 16.5 Å². The van der Waals surface area contributed by atoms with Crippen LogP contribution in [0.2, 0.25) is 0 Å². The number of ether oxygens (including phenoxy) is 1. The van der Waals surface area contributed by atoms with E-state index in [1.807, 2.05) is 14.0 Å². The number of rotatable bonds is 8. The molecule has 0 aliphatic heterocycles. The Balaban J connectivity index is 2.69. The van der Waals surface area contributed by atoms with Gasteiger partial charge in [-0.05, 0) is 32.0 Å². The zero-order valence-corrected chi connectivity index (χ0v) is 12.6. The van der Waals surface area contributed by atoms with E-state index in [-0.39, 0.29) is 0 Å². The quantitative estimate of drug-likeness (QED) is 0.704. The molecule has 0 bridgehead atoms. The SMILES string of the molecule is CNCc1sc(S(=O)(=O)NCCCOC)cc1C. The van der Waals surface area contributed by atoms with E-state index < -0.39 is 10.0 Å². The van der Waals surface area contributed by atoms with Crippen molar-refractivity contribution >= 4 is 21.4 Å². The lowest BCUT2D eigenvalue weighted by Gasteiger charge is -2.03. The lowest BCUT2D eigenvalue weighted by Crippen LogP contribution is -2.24. The van der Waals surface area contributed by atoms with Crippen LogP contribution in [0.4, 0.5) is 0 Å². The Morgan fingerprint density at radius 3 is 2.78 bits per heavy atom. The van der Waals surface area contributed by atoms with E-state index in [4.69, 9.17) is 4.74 Å². The summed E-state index contributed by atoms with van der Waals surface area (Å²) >= 11 is 1.31. The van der Waals surface area contributed by atoms with Crippen LogP contribution >= 0.6 is 11.3 Å². The first kappa shape index (κ1) is 15.6. The van der Waals surface area contributed by atoms with Crippen LogP contribution in [0.3, 0.4) is 0 Å². The van der Waals surface area contributed by atoms with Crippen LogP contribution in [0.1, 0.15) is 16.9 Å². The Bertz CT molecular complexity index is 469. The molecule has 2 N–H and O–H groups in total. The van der Waals surface area contributed by atoms with Crippen LogP contribution in [-0.4, -0.2) is 35.7 Å². The fourth-order valence-corrected chi connectivity index (χ4v) is 4.17. The summed E-state index contributed by atoms with van der Waals surface area (Å²) in [5.74, 6) is 0. The normalized spacial score (nSPS) is 11.9. The van der Waals surface area contributed by atoms with Gasteiger partial charge in [0.2, 0.25) is 10.0 Å². The highest BCUT2D eigenvalue weighted by Gasteiger charge is 2.17. The molecule has 0 atom stereocenters. The van der Waals surface area contributed by atoms with Crippen LogP contribution in [-0.2, 0) is 21.3 Å². The number of methoxy groups -OCH3 is 1. The Hall–Kier alpha value is -0.470. The zero-order valence-electron chi connectivity index (χ0n) is 10.9. The Morgan fingerprint density at radius 2 is 2.17 bits per heavy atom. The predicted octanol–water partition coefficient (Wildman–Crippen LogP) is 1.09. The van der Waals surface area contributed by atoms with Gasteiger partial charge in [-0.1, -0.05) is 0 Å². The summed E-state index contributed by atoms with van der Waals surface area (Å²) in [5, 5.41) is 3.03. The first-order valence-electron chi connectivity index (χ1n) is 5.73. The molecule has 1 rings (SSSR count). The molecule has 0 spiro atoms. The minimum atomic E-state index is -3.38. The lowest BCUT2D eigenvalue weighted by molar-refractivity contribution is 0.196. The molecule has 0 saturated heterocycles. The minimum Gasteiger partial charge on any atom is -0.385 e. The molecule has 0 unspecified atom stereocenters. The van der Waals surface area contributed by atoms with E-state index in [1.165, 1.54) is 11.3 Å². The third-order valence-electron chi connectivity index (χ3n) is 2.42. The Kier molecular flexibility index (Phi) is 6.24. The fraction of sp³-hybridized carbons (Fsp3) is 0.636. The highest BCUT2D eigenvalue weighted by molar-refractivity contribution is 7.91. The van der Waals surface area contributed by atoms with Gasteiger partial charge >= 0.3 is 0 Å². The molecule has 5 nitrogen and oxygen atoms in total. The van der Waals surface area contributed by atoms with Crippen molar-refractivity contribution in [1.29, 1.82) is 0 Å². The summed E-state index contributed by atoms with van der Waals surface area (Å²) in [7, 11) is 0.0664. The molecule has 0 aromatic carbocycles. The molecule has 7 heteroatoms. The summed E-state index contributed by atoms with van der Waals surface area (Å²) in [5.41, 5.74) is 1.01. The third kappa shape index (κ3) is 4.33. The van der Waals surface area contributed by atoms with Crippen LogP contribution < -0.4 is 10.0 Å². The lowest BCUT2D eigenvalue weighted by atomic mass is 10.3. The molecule has 1 aromatic rings. The maximum Gasteiger partial charge on any atom is 0.250 e. The van der Waals surface area contributed by atoms with Crippen LogP contribution in [0.25, 0.3) is 0 Å². The molecule has 104 valence electrons. The van der Waals surface area contributed by atoms with Gasteiger partial charge in [0.1, 0.15) is 4.21 Å². The van der Waals surface area contributed by atoms with Crippen LogP contribution in [0.15, 0.2) is 10.3 Å². The van der Waals surface area contributed by atoms with E-state index in [2.05, 4.69) is 10.0 Å². The predicted molar refractivity (Wildman–Crippen MR) is 73.5 cm³/mol. The molecular formula is C11H20N2O3S2. The van der Waals surface area contributed by atoms with Gasteiger partial charge in [0.15, 0.2) is 0 Å². The maximum absolute atomic E-state index is 12.0. The minimum absolute atomic E-state index is 0.377. The van der Waals surface area contributed by atoms with Crippen molar-refractivity contribution in [3.8, 4) is 0 Å². The Morgan fingerprint density at radius 1 is 1.44 bits per heavy atom. The van der Waals surface area contributed by atoms with Crippen molar-refractivity contribution in [2.24, 2.45) is 0 Å². The third-order valence-corrected chi connectivity index (χ3v) is 5.59. The molecule has 0 saturated carbocycles. The second-order valence-corrected chi connectivity index (χ2v) is 7.08. The van der Waals surface area contributed by atoms with E-state index >= 15 is 0 Å². The number of nitrogens with one attached hydrogen (secondary N) is 2. The molecule has 1 heterocycles. The topological polar surface area (TPSA) is 67.4 Å². The Labute approximate surface area is 113 Å². The van der Waals surface area contributed by atoms with Gasteiger partial charge in [-0.2, -0.15) is 0 Å². The maximum atomic E-state index is 12.0. The van der Waals surface area contributed by atoms with Crippen molar-refractivity contribution in [2.75, 3.05) is 27.3 Å². The zero-order chi connectivity index (χ0) is 13.6. The number of thiophene rings is 1. The molecule has 18 heavy (non-hydrogen) atoms.